The maximum atomic E-state index is 12.0. The molecule has 0 radical (unpaired) electrons. The van der Waals surface area contributed by atoms with Crippen molar-refractivity contribution in [3.05, 3.63) is 29.8 Å². The van der Waals surface area contributed by atoms with Gasteiger partial charge in [-0.15, -0.1) is 0 Å². The van der Waals surface area contributed by atoms with E-state index in [1.54, 1.807) is 31.3 Å². The van der Waals surface area contributed by atoms with Crippen molar-refractivity contribution in [2.24, 2.45) is 16.6 Å². The fraction of sp³-hybridized carbons (Fsp3) is 0.550. The normalized spacial score (nSPS) is 18.0. The van der Waals surface area contributed by atoms with E-state index in [0.717, 1.165) is 19.1 Å². The summed E-state index contributed by atoms with van der Waals surface area (Å²) in [6, 6.07) is 6.98. The van der Waals surface area contributed by atoms with Gasteiger partial charge in [0, 0.05) is 12.6 Å². The molecule has 1 saturated carbocycles. The highest BCUT2D eigenvalue weighted by atomic mass is 16.5. The van der Waals surface area contributed by atoms with E-state index in [1.165, 1.54) is 26.2 Å². The summed E-state index contributed by atoms with van der Waals surface area (Å²) in [5.74, 6) is 1.20. The molecule has 0 aliphatic heterocycles. The second-order valence-corrected chi connectivity index (χ2v) is 7.09. The summed E-state index contributed by atoms with van der Waals surface area (Å²) < 4.78 is 5.88. The zero-order valence-electron chi connectivity index (χ0n) is 15.7. The third-order valence-corrected chi connectivity index (χ3v) is 4.96. The van der Waals surface area contributed by atoms with Crippen molar-refractivity contribution in [2.45, 2.75) is 51.0 Å². The molecule has 0 aromatic heterocycles. The van der Waals surface area contributed by atoms with Gasteiger partial charge in [0.1, 0.15) is 24.2 Å². The lowest BCUT2D eigenvalue weighted by Crippen LogP contribution is -2.57. The Balaban J connectivity index is 2.15. The zero-order valence-corrected chi connectivity index (χ0v) is 15.7. The number of nitrogens with one attached hydrogen (secondary N) is 1. The van der Waals surface area contributed by atoms with Gasteiger partial charge in [-0.2, -0.15) is 0 Å². The smallest absolute Gasteiger partial charge is 0.189 e. The van der Waals surface area contributed by atoms with E-state index in [1.807, 2.05) is 0 Å². The third kappa shape index (κ3) is 5.58. The number of aldehydes is 1. The Hall–Kier alpha value is -2.37. The van der Waals surface area contributed by atoms with Crippen LogP contribution in [-0.2, 0) is 4.79 Å². The van der Waals surface area contributed by atoms with E-state index in [9.17, 15) is 9.59 Å². The number of nitrogens with two attached hydrogens (primary N) is 1. The minimum atomic E-state index is -0.933. The van der Waals surface area contributed by atoms with Crippen molar-refractivity contribution in [3.63, 3.8) is 0 Å². The Bertz CT molecular complexity index is 653. The number of rotatable bonds is 8. The van der Waals surface area contributed by atoms with Crippen LogP contribution in [0.5, 0.6) is 5.75 Å². The number of carbonyl (C=O) groups is 2. The van der Waals surface area contributed by atoms with Crippen LogP contribution in [0, 0.1) is 5.92 Å². The number of nitrogens with zero attached hydrogens (tertiary/aromatic N) is 1. The largest absolute Gasteiger partial charge is 0.491 e. The molecule has 0 saturated heterocycles. The van der Waals surface area contributed by atoms with Crippen LogP contribution in [0.3, 0.4) is 0 Å². The number of carbonyl (C=O) groups excluding carboxylic acids is 2. The number of Topliss-reactive ketones (excluding diaryl/α,β-unsaturated/α-hetero) is 1. The van der Waals surface area contributed by atoms with E-state index in [0.29, 0.717) is 23.7 Å². The summed E-state index contributed by atoms with van der Waals surface area (Å²) in [5, 5.41) is 3.05. The highest BCUT2D eigenvalue weighted by Crippen LogP contribution is 2.30. The summed E-state index contributed by atoms with van der Waals surface area (Å²) >= 11 is 0. The standard InChI is InChI=1S/C20H29N3O3/c1-15(25)17-9-6-10-18(11-17)26-14-20(13-24,23-19(21)22-2)12-16-7-4-3-5-8-16/h6,9-11,13,16H,3-5,7-8,12,14H2,1-2H3,(H3,21,22,23). The van der Waals surface area contributed by atoms with Crippen LogP contribution in [0.4, 0.5) is 0 Å². The quantitative estimate of drug-likeness (QED) is 0.322. The van der Waals surface area contributed by atoms with E-state index in [-0.39, 0.29) is 18.3 Å². The van der Waals surface area contributed by atoms with Crippen molar-refractivity contribution in [3.8, 4) is 5.75 Å². The molecule has 1 atom stereocenters. The topological polar surface area (TPSA) is 93.8 Å². The molecule has 3 N–H and O–H groups in total. The molecule has 1 aromatic carbocycles. The Labute approximate surface area is 155 Å². The summed E-state index contributed by atoms with van der Waals surface area (Å²) in [5.41, 5.74) is 5.50. The molecule has 26 heavy (non-hydrogen) atoms. The molecule has 1 aliphatic carbocycles. The Morgan fingerprint density at radius 3 is 2.73 bits per heavy atom. The molecule has 0 amide bonds. The van der Waals surface area contributed by atoms with E-state index < -0.39 is 5.54 Å². The highest BCUT2D eigenvalue weighted by molar-refractivity contribution is 5.94. The first-order chi connectivity index (χ1) is 12.5. The molecule has 6 heteroatoms. The number of ether oxygens (including phenoxy) is 1. The monoisotopic (exact) mass is 359 g/mol. The summed E-state index contributed by atoms with van der Waals surface area (Å²) in [6.45, 7) is 1.64. The molecule has 1 aliphatic rings. The number of ketones is 1. The number of benzene rings is 1. The summed E-state index contributed by atoms with van der Waals surface area (Å²) in [6.07, 6.45) is 7.40. The Morgan fingerprint density at radius 2 is 2.12 bits per heavy atom. The van der Waals surface area contributed by atoms with Gasteiger partial charge in [0.15, 0.2) is 11.7 Å². The highest BCUT2D eigenvalue weighted by Gasteiger charge is 2.35. The maximum absolute atomic E-state index is 12.0. The van der Waals surface area contributed by atoms with Gasteiger partial charge in [0.25, 0.3) is 0 Å². The molecule has 0 bridgehead atoms. The predicted molar refractivity (Wildman–Crippen MR) is 103 cm³/mol. The molecule has 142 valence electrons. The molecule has 6 nitrogen and oxygen atoms in total. The molecular weight excluding hydrogens is 330 g/mol. The van der Waals surface area contributed by atoms with Gasteiger partial charge in [0.2, 0.25) is 0 Å². The SMILES string of the molecule is CN=C(N)NC(C=O)(COc1cccc(C(C)=O)c1)CC1CCCCC1. The summed E-state index contributed by atoms with van der Waals surface area (Å²) in [7, 11) is 1.58. The molecule has 1 fully saturated rings. The van der Waals surface area contributed by atoms with Crippen molar-refractivity contribution in [1.29, 1.82) is 0 Å². The van der Waals surface area contributed by atoms with Gasteiger partial charge in [-0.1, -0.05) is 44.2 Å². The van der Waals surface area contributed by atoms with E-state index in [4.69, 9.17) is 10.5 Å². The van der Waals surface area contributed by atoms with Crippen LogP contribution in [-0.4, -0.2) is 37.2 Å². The lowest BCUT2D eigenvalue weighted by Gasteiger charge is -2.34. The van der Waals surface area contributed by atoms with Gasteiger partial charge >= 0.3 is 0 Å². The van der Waals surface area contributed by atoms with Crippen molar-refractivity contribution in [1.82, 2.24) is 5.32 Å². The minimum absolute atomic E-state index is 0.0280. The molecule has 1 aromatic rings. The lowest BCUT2D eigenvalue weighted by molar-refractivity contribution is -0.114. The molecule has 1 unspecified atom stereocenters. The first-order valence-corrected chi connectivity index (χ1v) is 9.18. The zero-order chi connectivity index (χ0) is 19.0. The van der Waals surface area contributed by atoms with Gasteiger partial charge < -0.3 is 20.6 Å². The molecule has 0 heterocycles. The molecular formula is C20H29N3O3. The minimum Gasteiger partial charge on any atom is -0.491 e. The average Bonchev–Trinajstić information content (AvgIpc) is 2.67. The Morgan fingerprint density at radius 1 is 1.38 bits per heavy atom. The average molecular weight is 359 g/mol. The summed E-state index contributed by atoms with van der Waals surface area (Å²) in [4.78, 5) is 27.5. The third-order valence-electron chi connectivity index (χ3n) is 4.96. The predicted octanol–water partition coefficient (Wildman–Crippen LogP) is 2.71. The number of hydrogen-bond acceptors (Lipinski definition) is 4. The van der Waals surface area contributed by atoms with E-state index >= 15 is 0 Å². The van der Waals surface area contributed by atoms with Crippen LogP contribution in [0.25, 0.3) is 0 Å². The van der Waals surface area contributed by atoms with Crippen molar-refractivity contribution in [2.75, 3.05) is 13.7 Å². The Kier molecular flexibility index (Phi) is 7.18. The first kappa shape index (κ1) is 19.9. The maximum Gasteiger partial charge on any atom is 0.189 e. The number of aliphatic imine (C=N–C) groups is 1. The van der Waals surface area contributed by atoms with Crippen LogP contribution >= 0.6 is 0 Å². The van der Waals surface area contributed by atoms with Crippen LogP contribution in [0.15, 0.2) is 29.3 Å². The second kappa shape index (κ2) is 9.36. The van der Waals surface area contributed by atoms with Crippen molar-refractivity contribution < 1.29 is 14.3 Å². The lowest BCUT2D eigenvalue weighted by atomic mass is 9.80. The first-order valence-electron chi connectivity index (χ1n) is 9.18. The van der Waals surface area contributed by atoms with Gasteiger partial charge in [-0.25, -0.2) is 0 Å². The van der Waals surface area contributed by atoms with Gasteiger partial charge in [-0.3, -0.25) is 9.79 Å². The van der Waals surface area contributed by atoms with E-state index in [2.05, 4.69) is 10.3 Å². The second-order valence-electron chi connectivity index (χ2n) is 7.09. The van der Waals surface area contributed by atoms with Crippen LogP contribution in [0.2, 0.25) is 0 Å². The number of hydrogen-bond donors (Lipinski definition) is 2. The van der Waals surface area contributed by atoms with Crippen LogP contribution in [0.1, 0.15) is 55.8 Å². The number of guanidine groups is 1. The van der Waals surface area contributed by atoms with Gasteiger partial charge in [0.05, 0.1) is 0 Å². The molecule has 0 spiro atoms. The fourth-order valence-electron chi connectivity index (χ4n) is 3.49. The fourth-order valence-corrected chi connectivity index (χ4v) is 3.49. The van der Waals surface area contributed by atoms with Crippen molar-refractivity contribution >= 4 is 18.0 Å². The molecule has 2 rings (SSSR count). The van der Waals surface area contributed by atoms with Gasteiger partial charge in [-0.05, 0) is 31.4 Å². The van der Waals surface area contributed by atoms with Crippen LogP contribution < -0.4 is 15.8 Å².